The maximum atomic E-state index is 13.0. The maximum Gasteiger partial charge on any atom is 0.262 e. The molecule has 8 heteroatoms. The quantitative estimate of drug-likeness (QED) is 0.692. The summed E-state index contributed by atoms with van der Waals surface area (Å²) in [5.74, 6) is -0.157. The van der Waals surface area contributed by atoms with Gasteiger partial charge in [-0.1, -0.05) is 31.0 Å². The minimum absolute atomic E-state index is 0.0899. The van der Waals surface area contributed by atoms with Crippen LogP contribution in [0, 0.1) is 18.8 Å². The van der Waals surface area contributed by atoms with Crippen molar-refractivity contribution in [1.29, 1.82) is 0 Å². The highest BCUT2D eigenvalue weighted by Crippen LogP contribution is 2.38. The number of sulfonamides is 1. The van der Waals surface area contributed by atoms with E-state index in [4.69, 9.17) is 4.74 Å². The lowest BCUT2D eigenvalue weighted by Gasteiger charge is -2.19. The molecule has 0 bridgehead atoms. The number of aryl methyl sites for hydroxylation is 1. The maximum absolute atomic E-state index is 13.0. The van der Waals surface area contributed by atoms with Gasteiger partial charge in [-0.25, -0.2) is 8.42 Å². The van der Waals surface area contributed by atoms with Gasteiger partial charge in [0.05, 0.1) is 36.1 Å². The molecule has 1 saturated carbocycles. The summed E-state index contributed by atoms with van der Waals surface area (Å²) < 4.78 is 33.8. The second-order valence-corrected chi connectivity index (χ2v) is 9.85. The molecule has 0 unspecified atom stereocenters. The Morgan fingerprint density at radius 3 is 2.35 bits per heavy atom. The molecule has 2 aromatic carbocycles. The summed E-state index contributed by atoms with van der Waals surface area (Å²) in [4.78, 5) is 27.0. The summed E-state index contributed by atoms with van der Waals surface area (Å²) in [6.07, 6.45) is 3.45. The molecule has 164 valence electrons. The van der Waals surface area contributed by atoms with Crippen LogP contribution in [0.1, 0.15) is 36.8 Å². The molecule has 2 amide bonds. The van der Waals surface area contributed by atoms with Gasteiger partial charge in [-0.3, -0.25) is 19.2 Å². The fraction of sp³-hybridized carbons (Fsp3) is 0.391. The highest BCUT2D eigenvalue weighted by atomic mass is 32.2. The average molecular weight is 443 g/mol. The van der Waals surface area contributed by atoms with E-state index < -0.39 is 10.0 Å². The molecular formula is C23H26N2O5S. The molecule has 7 nitrogen and oxygen atoms in total. The molecule has 0 aromatic heterocycles. The number of anilines is 1. The predicted octanol–water partition coefficient (Wildman–Crippen LogP) is 3.48. The predicted molar refractivity (Wildman–Crippen MR) is 116 cm³/mol. The van der Waals surface area contributed by atoms with Crippen molar-refractivity contribution in [2.45, 2.75) is 44.0 Å². The third-order valence-corrected chi connectivity index (χ3v) is 7.66. The number of imide groups is 1. The number of carbonyl (C=O) groups is 2. The zero-order chi connectivity index (χ0) is 22.2. The molecule has 0 radical (unpaired) electrons. The van der Waals surface area contributed by atoms with Gasteiger partial charge in [0, 0.05) is 6.07 Å². The van der Waals surface area contributed by atoms with Crippen LogP contribution in [-0.4, -0.2) is 32.2 Å². The van der Waals surface area contributed by atoms with E-state index in [1.807, 2.05) is 0 Å². The number of carbonyl (C=O) groups excluding carboxylic acids is 2. The number of rotatable bonds is 6. The molecular weight excluding hydrogens is 416 g/mol. The number of benzene rings is 2. The molecule has 2 aliphatic rings. The van der Waals surface area contributed by atoms with E-state index in [1.54, 1.807) is 49.4 Å². The van der Waals surface area contributed by atoms with Gasteiger partial charge in [0.1, 0.15) is 5.75 Å². The third kappa shape index (κ3) is 4.17. The van der Waals surface area contributed by atoms with Crippen LogP contribution in [0.5, 0.6) is 5.75 Å². The lowest BCUT2D eigenvalue weighted by atomic mass is 9.81. The molecule has 1 aliphatic heterocycles. The lowest BCUT2D eigenvalue weighted by molar-refractivity contribution is -0.140. The van der Waals surface area contributed by atoms with Gasteiger partial charge in [-0.2, -0.15) is 0 Å². The van der Waals surface area contributed by atoms with E-state index in [-0.39, 0.29) is 35.1 Å². The highest BCUT2D eigenvalue weighted by Gasteiger charge is 2.47. The van der Waals surface area contributed by atoms with Crippen molar-refractivity contribution in [1.82, 2.24) is 4.90 Å². The Labute approximate surface area is 182 Å². The summed E-state index contributed by atoms with van der Waals surface area (Å²) in [5.41, 5.74) is 1.57. The second-order valence-electron chi connectivity index (χ2n) is 8.20. The Morgan fingerprint density at radius 2 is 1.71 bits per heavy atom. The molecule has 2 fully saturated rings. The van der Waals surface area contributed by atoms with Crippen molar-refractivity contribution in [2.24, 2.45) is 11.8 Å². The second kappa shape index (κ2) is 8.34. The van der Waals surface area contributed by atoms with Crippen molar-refractivity contribution in [3.05, 3.63) is 53.6 Å². The van der Waals surface area contributed by atoms with E-state index >= 15 is 0 Å². The van der Waals surface area contributed by atoms with Crippen LogP contribution in [0.4, 0.5) is 5.69 Å². The standard InChI is InChI=1S/C23H26N2O5S/c1-15-10-11-16(14-25-22(26)19-8-3-4-9-20(19)23(25)27)12-21(15)31(28,29)24-17-6-5-7-18(13-17)30-2/h5-7,10-13,19-20,24H,3-4,8-9,14H2,1-2H3/t19-,20+. The van der Waals surface area contributed by atoms with Crippen molar-refractivity contribution in [2.75, 3.05) is 11.8 Å². The molecule has 1 saturated heterocycles. The molecule has 1 aliphatic carbocycles. The largest absolute Gasteiger partial charge is 0.497 e. The van der Waals surface area contributed by atoms with Crippen LogP contribution in [0.25, 0.3) is 0 Å². The van der Waals surface area contributed by atoms with Crippen molar-refractivity contribution < 1.29 is 22.7 Å². The Morgan fingerprint density at radius 1 is 1.03 bits per heavy atom. The molecule has 1 N–H and O–H groups in total. The van der Waals surface area contributed by atoms with Crippen LogP contribution in [0.3, 0.4) is 0 Å². The first kappa shape index (κ1) is 21.4. The number of methoxy groups -OCH3 is 1. The molecule has 2 aromatic rings. The highest BCUT2D eigenvalue weighted by molar-refractivity contribution is 7.92. The Hall–Kier alpha value is -2.87. The third-order valence-electron chi connectivity index (χ3n) is 6.14. The molecule has 31 heavy (non-hydrogen) atoms. The number of hydrogen-bond acceptors (Lipinski definition) is 5. The first-order chi connectivity index (χ1) is 14.8. The van der Waals surface area contributed by atoms with E-state index in [9.17, 15) is 18.0 Å². The summed E-state index contributed by atoms with van der Waals surface area (Å²) in [6.45, 7) is 1.80. The van der Waals surface area contributed by atoms with E-state index in [1.165, 1.54) is 12.0 Å². The van der Waals surface area contributed by atoms with Gasteiger partial charge in [0.25, 0.3) is 10.0 Å². The number of ether oxygens (including phenoxy) is 1. The lowest BCUT2D eigenvalue weighted by Crippen LogP contribution is -2.30. The number of nitrogens with one attached hydrogen (secondary N) is 1. The zero-order valence-corrected chi connectivity index (χ0v) is 18.4. The van der Waals surface area contributed by atoms with Crippen LogP contribution in [0.2, 0.25) is 0 Å². The van der Waals surface area contributed by atoms with Gasteiger partial charge < -0.3 is 4.74 Å². The Kier molecular flexibility index (Phi) is 5.75. The minimum Gasteiger partial charge on any atom is -0.497 e. The van der Waals surface area contributed by atoms with Gasteiger partial charge in [-0.05, 0) is 49.1 Å². The van der Waals surface area contributed by atoms with Gasteiger partial charge in [0.15, 0.2) is 0 Å². The number of nitrogens with zero attached hydrogens (tertiary/aromatic N) is 1. The first-order valence-corrected chi connectivity index (χ1v) is 11.9. The van der Waals surface area contributed by atoms with E-state index in [0.717, 1.165) is 25.7 Å². The summed E-state index contributed by atoms with van der Waals surface area (Å²) in [5, 5.41) is 0. The molecule has 1 heterocycles. The summed E-state index contributed by atoms with van der Waals surface area (Å²) >= 11 is 0. The SMILES string of the molecule is COc1cccc(NS(=O)(=O)c2cc(CN3C(=O)[C@H]4CCCC[C@H]4C3=O)ccc2C)c1. The Bertz CT molecular complexity index is 1100. The van der Waals surface area contributed by atoms with Crippen LogP contribution in [0.15, 0.2) is 47.4 Å². The van der Waals surface area contributed by atoms with Crippen molar-refractivity contribution in [3.8, 4) is 5.75 Å². The van der Waals surface area contributed by atoms with Gasteiger partial charge in [-0.15, -0.1) is 0 Å². The number of hydrogen-bond donors (Lipinski definition) is 1. The average Bonchev–Trinajstić information content (AvgIpc) is 3.00. The molecule has 2 atom stereocenters. The fourth-order valence-electron chi connectivity index (χ4n) is 4.50. The minimum atomic E-state index is -3.87. The normalized spacial score (nSPS) is 21.2. The Balaban J connectivity index is 1.58. The smallest absolute Gasteiger partial charge is 0.262 e. The fourth-order valence-corrected chi connectivity index (χ4v) is 5.84. The monoisotopic (exact) mass is 442 g/mol. The summed E-state index contributed by atoms with van der Waals surface area (Å²) in [6, 6.07) is 11.7. The van der Waals surface area contributed by atoms with E-state index in [2.05, 4.69) is 4.72 Å². The zero-order valence-electron chi connectivity index (χ0n) is 17.6. The topological polar surface area (TPSA) is 92.8 Å². The summed E-state index contributed by atoms with van der Waals surface area (Å²) in [7, 11) is -2.35. The molecule has 0 spiro atoms. The van der Waals surface area contributed by atoms with Crippen LogP contribution >= 0.6 is 0 Å². The van der Waals surface area contributed by atoms with Crippen LogP contribution in [-0.2, 0) is 26.2 Å². The molecule has 4 rings (SSSR count). The van der Waals surface area contributed by atoms with Crippen molar-refractivity contribution in [3.63, 3.8) is 0 Å². The van der Waals surface area contributed by atoms with E-state index in [0.29, 0.717) is 22.6 Å². The number of fused-ring (bicyclic) bond motifs is 1. The van der Waals surface area contributed by atoms with Crippen molar-refractivity contribution >= 4 is 27.5 Å². The van der Waals surface area contributed by atoms with Crippen LogP contribution < -0.4 is 9.46 Å². The number of amides is 2. The first-order valence-electron chi connectivity index (χ1n) is 10.4. The number of likely N-dealkylation sites (tertiary alicyclic amines) is 1. The van der Waals surface area contributed by atoms with Gasteiger partial charge in [0.2, 0.25) is 11.8 Å². The van der Waals surface area contributed by atoms with Gasteiger partial charge >= 0.3 is 0 Å².